The number of anilines is 1. The van der Waals surface area contributed by atoms with E-state index in [-0.39, 0.29) is 5.69 Å². The predicted octanol–water partition coefficient (Wildman–Crippen LogP) is -0.0261. The molecule has 8 heteroatoms. The molecule has 0 radical (unpaired) electrons. The Balaban J connectivity index is 2.10. The van der Waals surface area contributed by atoms with Crippen LogP contribution in [0.5, 0.6) is 0 Å². The molecule has 8 nitrogen and oxygen atoms in total. The number of aromatic nitrogens is 2. The molecule has 2 heterocycles. The van der Waals surface area contributed by atoms with Crippen LogP contribution < -0.4 is 4.90 Å². The molecular formula is C10H14N6O2. The van der Waals surface area contributed by atoms with E-state index >= 15 is 0 Å². The molecule has 96 valence electrons. The summed E-state index contributed by atoms with van der Waals surface area (Å²) in [4.78, 5) is 14.4. The Morgan fingerprint density at radius 2 is 2.17 bits per heavy atom. The zero-order valence-electron chi connectivity index (χ0n) is 10.1. The van der Waals surface area contributed by atoms with Gasteiger partial charge in [-0.2, -0.15) is 5.26 Å². The van der Waals surface area contributed by atoms with E-state index < -0.39 is 4.92 Å². The van der Waals surface area contributed by atoms with Crippen LogP contribution in [0.2, 0.25) is 0 Å². The molecule has 1 aromatic heterocycles. The first-order valence-electron chi connectivity index (χ1n) is 5.64. The van der Waals surface area contributed by atoms with Gasteiger partial charge in [0.05, 0.1) is 17.5 Å². The summed E-state index contributed by atoms with van der Waals surface area (Å²) in [7, 11) is 1.67. The van der Waals surface area contributed by atoms with Gasteiger partial charge in [0.25, 0.3) is 0 Å². The van der Waals surface area contributed by atoms with Gasteiger partial charge in [-0.1, -0.05) is 0 Å². The first-order valence-corrected chi connectivity index (χ1v) is 5.64. The average Bonchev–Trinajstić information content (AvgIpc) is 2.73. The van der Waals surface area contributed by atoms with Crippen molar-refractivity contribution in [3.8, 4) is 6.07 Å². The highest BCUT2D eigenvalue weighted by molar-refractivity contribution is 5.57. The van der Waals surface area contributed by atoms with E-state index in [0.717, 1.165) is 13.1 Å². The third-order valence-corrected chi connectivity index (χ3v) is 2.95. The maximum Gasteiger partial charge on any atom is 0.330 e. The van der Waals surface area contributed by atoms with Crippen LogP contribution in [0, 0.1) is 21.4 Å². The number of aryl methyl sites for hydroxylation is 1. The summed E-state index contributed by atoms with van der Waals surface area (Å²) >= 11 is 0. The lowest BCUT2D eigenvalue weighted by molar-refractivity contribution is -0.384. The van der Waals surface area contributed by atoms with E-state index in [9.17, 15) is 10.1 Å². The summed E-state index contributed by atoms with van der Waals surface area (Å²) in [5.74, 6) is 0.416. The Morgan fingerprint density at radius 3 is 2.72 bits per heavy atom. The van der Waals surface area contributed by atoms with Crippen LogP contribution >= 0.6 is 0 Å². The highest BCUT2D eigenvalue weighted by atomic mass is 16.6. The van der Waals surface area contributed by atoms with Crippen LogP contribution in [-0.4, -0.2) is 52.3 Å². The smallest absolute Gasteiger partial charge is 0.330 e. The summed E-state index contributed by atoms with van der Waals surface area (Å²) < 4.78 is 1.45. The van der Waals surface area contributed by atoms with E-state index in [0.29, 0.717) is 25.5 Å². The second kappa shape index (κ2) is 5.01. The zero-order chi connectivity index (χ0) is 13.1. The molecule has 1 aliphatic rings. The fourth-order valence-corrected chi connectivity index (χ4v) is 2.04. The van der Waals surface area contributed by atoms with Crippen LogP contribution in [0.15, 0.2) is 6.20 Å². The van der Waals surface area contributed by atoms with Crippen molar-refractivity contribution in [2.45, 2.75) is 0 Å². The van der Waals surface area contributed by atoms with Crippen LogP contribution in [0.4, 0.5) is 11.5 Å². The maximum absolute atomic E-state index is 10.9. The van der Waals surface area contributed by atoms with Crippen LogP contribution in [0.1, 0.15) is 0 Å². The van der Waals surface area contributed by atoms with Gasteiger partial charge in [-0.25, -0.2) is 0 Å². The van der Waals surface area contributed by atoms with Gasteiger partial charge in [0.15, 0.2) is 0 Å². The number of piperazine rings is 1. The molecule has 0 saturated carbocycles. The molecule has 0 bridgehead atoms. The molecule has 0 amide bonds. The van der Waals surface area contributed by atoms with Crippen LogP contribution in [0.3, 0.4) is 0 Å². The second-order valence-electron chi connectivity index (χ2n) is 4.19. The van der Waals surface area contributed by atoms with Crippen molar-refractivity contribution in [1.82, 2.24) is 14.7 Å². The minimum Gasteiger partial charge on any atom is -0.347 e. The highest BCUT2D eigenvalue weighted by Crippen LogP contribution is 2.26. The number of nitriles is 1. The summed E-state index contributed by atoms with van der Waals surface area (Å²) in [6, 6.07) is 2.11. The van der Waals surface area contributed by atoms with Gasteiger partial charge in [-0.15, -0.1) is 5.10 Å². The third kappa shape index (κ3) is 2.41. The molecule has 2 rings (SSSR count). The van der Waals surface area contributed by atoms with Gasteiger partial charge in [-0.05, 0) is 0 Å². The van der Waals surface area contributed by atoms with Gasteiger partial charge < -0.3 is 4.90 Å². The normalized spacial score (nSPS) is 16.6. The molecule has 0 atom stereocenters. The van der Waals surface area contributed by atoms with Crippen molar-refractivity contribution in [1.29, 1.82) is 5.26 Å². The largest absolute Gasteiger partial charge is 0.347 e. The second-order valence-corrected chi connectivity index (χ2v) is 4.19. The quantitative estimate of drug-likeness (QED) is 0.425. The SMILES string of the molecule is Cn1cc([N+](=O)[O-])c(N2CCN(CC#N)CC2)n1. The minimum absolute atomic E-state index is 0.0335. The van der Waals surface area contributed by atoms with E-state index in [1.807, 2.05) is 9.80 Å². The fourth-order valence-electron chi connectivity index (χ4n) is 2.04. The summed E-state index contributed by atoms with van der Waals surface area (Å²) in [6.07, 6.45) is 1.41. The van der Waals surface area contributed by atoms with Crippen LogP contribution in [-0.2, 0) is 7.05 Å². The predicted molar refractivity (Wildman–Crippen MR) is 64.1 cm³/mol. The van der Waals surface area contributed by atoms with Crippen molar-refractivity contribution < 1.29 is 4.92 Å². The standard InChI is InChI=1S/C10H14N6O2/c1-13-8-9(16(17)18)10(12-13)15-6-4-14(3-2-11)5-7-15/h8H,3-7H2,1H3. The van der Waals surface area contributed by atoms with Crippen molar-refractivity contribution in [2.24, 2.45) is 7.05 Å². The van der Waals surface area contributed by atoms with Gasteiger partial charge in [0.2, 0.25) is 5.82 Å². The number of nitrogens with zero attached hydrogens (tertiary/aromatic N) is 6. The Bertz CT molecular complexity index is 483. The number of hydrogen-bond acceptors (Lipinski definition) is 6. The van der Waals surface area contributed by atoms with Crippen molar-refractivity contribution in [3.63, 3.8) is 0 Å². The summed E-state index contributed by atoms with van der Waals surface area (Å²) in [5.41, 5.74) is 0.0335. The molecule has 0 spiro atoms. The maximum atomic E-state index is 10.9. The molecule has 1 saturated heterocycles. The first-order chi connectivity index (χ1) is 8.61. The highest BCUT2D eigenvalue weighted by Gasteiger charge is 2.26. The Morgan fingerprint density at radius 1 is 1.50 bits per heavy atom. The first kappa shape index (κ1) is 12.3. The zero-order valence-corrected chi connectivity index (χ0v) is 10.1. The van der Waals surface area contributed by atoms with Crippen LogP contribution in [0.25, 0.3) is 0 Å². The Labute approximate surface area is 104 Å². The summed E-state index contributed by atoms with van der Waals surface area (Å²) in [6.45, 7) is 3.15. The van der Waals surface area contributed by atoms with Gasteiger partial charge >= 0.3 is 5.69 Å². The molecule has 1 fully saturated rings. The third-order valence-electron chi connectivity index (χ3n) is 2.95. The average molecular weight is 250 g/mol. The van der Waals surface area contributed by atoms with Gasteiger partial charge in [0, 0.05) is 33.2 Å². The van der Waals surface area contributed by atoms with Gasteiger partial charge in [-0.3, -0.25) is 19.7 Å². The molecule has 1 aromatic rings. The Hall–Kier alpha value is -2.14. The fraction of sp³-hybridized carbons (Fsp3) is 0.600. The minimum atomic E-state index is -0.413. The van der Waals surface area contributed by atoms with E-state index in [1.165, 1.54) is 10.9 Å². The lowest BCUT2D eigenvalue weighted by Crippen LogP contribution is -2.46. The molecule has 0 unspecified atom stereocenters. The summed E-state index contributed by atoms with van der Waals surface area (Å²) in [5, 5.41) is 23.7. The van der Waals surface area contributed by atoms with Crippen molar-refractivity contribution >= 4 is 11.5 Å². The molecular weight excluding hydrogens is 236 g/mol. The topological polar surface area (TPSA) is 91.2 Å². The number of nitro groups is 1. The molecule has 0 N–H and O–H groups in total. The molecule has 0 aromatic carbocycles. The lowest BCUT2D eigenvalue weighted by Gasteiger charge is -2.32. The Kier molecular flexibility index (Phi) is 3.43. The van der Waals surface area contributed by atoms with E-state index in [1.54, 1.807) is 7.05 Å². The van der Waals surface area contributed by atoms with E-state index in [4.69, 9.17) is 5.26 Å². The monoisotopic (exact) mass is 250 g/mol. The lowest BCUT2D eigenvalue weighted by atomic mass is 10.3. The number of rotatable bonds is 3. The number of hydrogen-bond donors (Lipinski definition) is 0. The molecule has 1 aliphatic heterocycles. The van der Waals surface area contributed by atoms with Crippen molar-refractivity contribution in [2.75, 3.05) is 37.6 Å². The van der Waals surface area contributed by atoms with Gasteiger partial charge in [0.1, 0.15) is 6.20 Å². The van der Waals surface area contributed by atoms with Crippen molar-refractivity contribution in [3.05, 3.63) is 16.3 Å². The molecule has 0 aliphatic carbocycles. The van der Waals surface area contributed by atoms with E-state index in [2.05, 4.69) is 11.2 Å². The molecule has 18 heavy (non-hydrogen) atoms.